The summed E-state index contributed by atoms with van der Waals surface area (Å²) in [6, 6.07) is 4.47. The van der Waals surface area contributed by atoms with E-state index in [1.165, 1.54) is 0 Å². The fourth-order valence-electron chi connectivity index (χ4n) is 4.40. The number of nitrogens with zero attached hydrogens (tertiary/aromatic N) is 5. The van der Waals surface area contributed by atoms with Gasteiger partial charge in [-0.25, -0.2) is 4.98 Å². The van der Waals surface area contributed by atoms with E-state index in [0.717, 1.165) is 56.7 Å². The van der Waals surface area contributed by atoms with E-state index in [-0.39, 0.29) is 11.9 Å². The number of rotatable bonds is 7. The number of hydrogen-bond donors (Lipinski definition) is 1. The molecule has 4 rings (SSSR count). The number of aromatic nitrogens is 3. The first-order valence-electron chi connectivity index (χ1n) is 10.7. The van der Waals surface area contributed by atoms with Crippen LogP contribution in [0.4, 0.5) is 5.82 Å². The highest BCUT2D eigenvalue weighted by molar-refractivity contribution is 5.73. The second kappa shape index (κ2) is 9.53. The number of carbonyl (C=O) groups excluding carboxylic acids is 1. The quantitative estimate of drug-likeness (QED) is 0.690. The van der Waals surface area contributed by atoms with Crippen LogP contribution in [-0.2, 0) is 9.53 Å². The van der Waals surface area contributed by atoms with Gasteiger partial charge in [0.25, 0.3) is 0 Å². The molecule has 1 amide bonds. The predicted octanol–water partition coefficient (Wildman–Crippen LogP) is 2.34. The first-order valence-corrected chi connectivity index (χ1v) is 10.7. The Morgan fingerprint density at radius 2 is 2.10 bits per heavy atom. The lowest BCUT2D eigenvalue weighted by atomic mass is 10.0. The number of likely N-dealkylation sites (tertiary alicyclic amines) is 2. The van der Waals surface area contributed by atoms with E-state index in [4.69, 9.17) is 14.2 Å². The predicted molar refractivity (Wildman–Crippen MR) is 112 cm³/mol. The Bertz CT molecular complexity index is 832. The Kier molecular flexibility index (Phi) is 6.59. The van der Waals surface area contributed by atoms with Crippen molar-refractivity contribution in [1.29, 1.82) is 0 Å². The van der Waals surface area contributed by atoms with Gasteiger partial charge in [-0.05, 0) is 44.4 Å². The molecule has 1 atom stereocenters. The fourth-order valence-corrected chi connectivity index (χ4v) is 4.40. The van der Waals surface area contributed by atoms with Crippen molar-refractivity contribution < 1.29 is 14.1 Å². The monoisotopic (exact) mass is 414 g/mol. The van der Waals surface area contributed by atoms with Crippen molar-refractivity contribution in [2.75, 3.05) is 45.2 Å². The maximum atomic E-state index is 11.6. The van der Waals surface area contributed by atoms with Gasteiger partial charge < -0.3 is 19.5 Å². The van der Waals surface area contributed by atoms with E-state index in [2.05, 4.69) is 20.4 Å². The lowest BCUT2D eigenvalue weighted by Gasteiger charge is -2.38. The van der Waals surface area contributed by atoms with Gasteiger partial charge in [0, 0.05) is 51.5 Å². The minimum absolute atomic E-state index is 0.156. The maximum Gasteiger partial charge on any atom is 0.244 e. The average molecular weight is 415 g/mol. The highest BCUT2D eigenvalue weighted by atomic mass is 16.5. The number of piperidine rings is 1. The van der Waals surface area contributed by atoms with Crippen LogP contribution in [0.3, 0.4) is 0 Å². The van der Waals surface area contributed by atoms with Crippen LogP contribution < -0.4 is 5.32 Å². The van der Waals surface area contributed by atoms with Crippen LogP contribution in [0.25, 0.3) is 11.4 Å². The Hall–Kier alpha value is -2.52. The number of hydrogen-bond acceptors (Lipinski definition) is 8. The zero-order chi connectivity index (χ0) is 20.9. The SMILES string of the molecule is COCCNc1ccc(-c2noc([C@@H]3CCCN3C3CCN(C(C)=O)CC3)n2)cn1. The highest BCUT2D eigenvalue weighted by Gasteiger charge is 2.37. The molecule has 0 unspecified atom stereocenters. The molecule has 0 bridgehead atoms. The second-order valence-electron chi connectivity index (χ2n) is 7.94. The van der Waals surface area contributed by atoms with Crippen LogP contribution in [0.5, 0.6) is 0 Å². The molecular weight excluding hydrogens is 384 g/mol. The van der Waals surface area contributed by atoms with Crippen molar-refractivity contribution in [2.45, 2.75) is 44.7 Å². The second-order valence-corrected chi connectivity index (χ2v) is 7.94. The lowest BCUT2D eigenvalue weighted by molar-refractivity contribution is -0.130. The first-order chi connectivity index (χ1) is 14.7. The van der Waals surface area contributed by atoms with Crippen LogP contribution in [0, 0.1) is 0 Å². The third kappa shape index (κ3) is 4.62. The first kappa shape index (κ1) is 20.7. The lowest BCUT2D eigenvalue weighted by Crippen LogP contribution is -2.46. The molecule has 0 aromatic carbocycles. The number of nitrogens with one attached hydrogen (secondary N) is 1. The smallest absolute Gasteiger partial charge is 0.244 e. The van der Waals surface area contributed by atoms with E-state index in [1.807, 2.05) is 17.0 Å². The zero-order valence-electron chi connectivity index (χ0n) is 17.7. The summed E-state index contributed by atoms with van der Waals surface area (Å²) >= 11 is 0. The van der Waals surface area contributed by atoms with Crippen LogP contribution in [-0.4, -0.2) is 76.8 Å². The molecule has 9 heteroatoms. The van der Waals surface area contributed by atoms with Crippen molar-refractivity contribution in [3.8, 4) is 11.4 Å². The molecule has 2 aliphatic rings. The highest BCUT2D eigenvalue weighted by Crippen LogP contribution is 2.36. The molecule has 1 N–H and O–H groups in total. The molecule has 4 heterocycles. The number of ether oxygens (including phenoxy) is 1. The third-order valence-corrected chi connectivity index (χ3v) is 6.03. The average Bonchev–Trinajstić information content (AvgIpc) is 3.44. The Morgan fingerprint density at radius 3 is 2.80 bits per heavy atom. The fraction of sp³-hybridized carbons (Fsp3) is 0.619. The van der Waals surface area contributed by atoms with Gasteiger partial charge in [0.15, 0.2) is 0 Å². The molecule has 162 valence electrons. The van der Waals surface area contributed by atoms with Gasteiger partial charge in [-0.15, -0.1) is 0 Å². The molecule has 2 fully saturated rings. The Morgan fingerprint density at radius 1 is 1.27 bits per heavy atom. The zero-order valence-corrected chi connectivity index (χ0v) is 17.7. The third-order valence-electron chi connectivity index (χ3n) is 6.03. The summed E-state index contributed by atoms with van der Waals surface area (Å²) in [5, 5.41) is 7.40. The van der Waals surface area contributed by atoms with Crippen LogP contribution in [0.1, 0.15) is 44.5 Å². The number of pyridine rings is 1. The van der Waals surface area contributed by atoms with E-state index >= 15 is 0 Å². The summed E-state index contributed by atoms with van der Waals surface area (Å²) in [6.45, 7) is 5.68. The molecule has 0 spiro atoms. The molecule has 2 saturated heterocycles. The minimum atomic E-state index is 0.156. The molecule has 0 radical (unpaired) electrons. The van der Waals surface area contributed by atoms with Gasteiger partial charge in [0.05, 0.1) is 12.6 Å². The Labute approximate surface area is 176 Å². The summed E-state index contributed by atoms with van der Waals surface area (Å²) in [5.74, 6) is 2.21. The van der Waals surface area contributed by atoms with Gasteiger partial charge >= 0.3 is 0 Å². The summed E-state index contributed by atoms with van der Waals surface area (Å²) in [7, 11) is 1.67. The van der Waals surface area contributed by atoms with E-state index < -0.39 is 0 Å². The van der Waals surface area contributed by atoms with Gasteiger partial charge in [0.2, 0.25) is 17.6 Å². The van der Waals surface area contributed by atoms with Crippen molar-refractivity contribution in [3.05, 3.63) is 24.2 Å². The molecule has 2 aromatic rings. The van der Waals surface area contributed by atoms with E-state index in [1.54, 1.807) is 20.2 Å². The maximum absolute atomic E-state index is 11.6. The summed E-state index contributed by atoms with van der Waals surface area (Å²) in [5.41, 5.74) is 0.835. The summed E-state index contributed by atoms with van der Waals surface area (Å²) < 4.78 is 10.7. The standard InChI is InChI=1S/C21H30N6O3/c1-15(28)26-11-7-17(8-12-26)27-10-3-4-18(27)21-24-20(25-30-21)16-5-6-19(23-14-16)22-9-13-29-2/h5-6,14,17-18H,3-4,7-13H2,1-2H3,(H,22,23)/t18-/m0/s1. The molecule has 0 saturated carbocycles. The van der Waals surface area contributed by atoms with Gasteiger partial charge in [-0.2, -0.15) is 4.98 Å². The normalized spacial score (nSPS) is 20.6. The molecule has 2 aliphatic heterocycles. The largest absolute Gasteiger partial charge is 0.383 e. The van der Waals surface area contributed by atoms with Crippen molar-refractivity contribution in [3.63, 3.8) is 0 Å². The van der Waals surface area contributed by atoms with E-state index in [9.17, 15) is 4.79 Å². The minimum Gasteiger partial charge on any atom is -0.383 e. The van der Waals surface area contributed by atoms with Gasteiger partial charge in [0.1, 0.15) is 5.82 Å². The van der Waals surface area contributed by atoms with Crippen LogP contribution >= 0.6 is 0 Å². The van der Waals surface area contributed by atoms with E-state index in [0.29, 0.717) is 30.9 Å². The van der Waals surface area contributed by atoms with Crippen molar-refractivity contribution >= 4 is 11.7 Å². The number of anilines is 1. The van der Waals surface area contributed by atoms with Crippen LogP contribution in [0.2, 0.25) is 0 Å². The topological polar surface area (TPSA) is 96.6 Å². The summed E-state index contributed by atoms with van der Waals surface area (Å²) in [4.78, 5) is 25.1. The van der Waals surface area contributed by atoms with Crippen molar-refractivity contribution in [2.24, 2.45) is 0 Å². The molecular formula is C21H30N6O3. The number of amides is 1. The Balaban J connectivity index is 1.40. The molecule has 2 aromatic heterocycles. The summed E-state index contributed by atoms with van der Waals surface area (Å²) in [6.07, 6.45) is 5.90. The van der Waals surface area contributed by atoms with Gasteiger partial charge in [-0.3, -0.25) is 9.69 Å². The van der Waals surface area contributed by atoms with Gasteiger partial charge in [-0.1, -0.05) is 5.16 Å². The number of carbonyl (C=O) groups is 1. The molecule has 30 heavy (non-hydrogen) atoms. The van der Waals surface area contributed by atoms with Crippen molar-refractivity contribution in [1.82, 2.24) is 24.9 Å². The number of methoxy groups -OCH3 is 1. The molecule has 9 nitrogen and oxygen atoms in total. The molecule has 0 aliphatic carbocycles. The van der Waals surface area contributed by atoms with Crippen LogP contribution in [0.15, 0.2) is 22.9 Å².